The zero-order valence-corrected chi connectivity index (χ0v) is 12.7. The van der Waals surface area contributed by atoms with Gasteiger partial charge in [0.15, 0.2) is 11.5 Å². The Balaban J connectivity index is 1.77. The second-order valence-corrected chi connectivity index (χ2v) is 6.36. The van der Waals surface area contributed by atoms with Crippen LogP contribution in [0.3, 0.4) is 0 Å². The summed E-state index contributed by atoms with van der Waals surface area (Å²) in [6.45, 7) is 1.21. The molecule has 1 aromatic carbocycles. The summed E-state index contributed by atoms with van der Waals surface area (Å²) in [5.41, 5.74) is 7.34. The highest BCUT2D eigenvalue weighted by Crippen LogP contribution is 2.33. The van der Waals surface area contributed by atoms with Crippen LogP contribution in [0.5, 0.6) is 11.5 Å². The third kappa shape index (κ3) is 2.94. The first kappa shape index (κ1) is 13.0. The molecule has 3 nitrogen and oxygen atoms in total. The maximum Gasteiger partial charge on any atom is 0.161 e. The quantitative estimate of drug-likeness (QED) is 0.930. The molecule has 0 fully saturated rings. The number of nitrogens with two attached hydrogens (primary N) is 1. The Morgan fingerprint density at radius 3 is 2.74 bits per heavy atom. The Bertz CT molecular complexity index is 585. The second-order valence-electron chi connectivity index (χ2n) is 4.44. The molecule has 100 valence electrons. The van der Waals surface area contributed by atoms with Gasteiger partial charge in [-0.05, 0) is 39.7 Å². The van der Waals surface area contributed by atoms with Gasteiger partial charge in [-0.2, -0.15) is 0 Å². The van der Waals surface area contributed by atoms with Crippen molar-refractivity contribution in [2.24, 2.45) is 5.73 Å². The van der Waals surface area contributed by atoms with Crippen LogP contribution < -0.4 is 15.2 Å². The van der Waals surface area contributed by atoms with Crippen molar-refractivity contribution < 1.29 is 9.47 Å². The van der Waals surface area contributed by atoms with Crippen molar-refractivity contribution in [3.05, 3.63) is 44.6 Å². The van der Waals surface area contributed by atoms with Gasteiger partial charge in [0.2, 0.25) is 0 Å². The monoisotopic (exact) mass is 339 g/mol. The van der Waals surface area contributed by atoms with Crippen LogP contribution in [0, 0.1) is 0 Å². The first-order valence-corrected chi connectivity index (χ1v) is 7.77. The number of hydrogen-bond donors (Lipinski definition) is 1. The van der Waals surface area contributed by atoms with Gasteiger partial charge in [0, 0.05) is 27.2 Å². The van der Waals surface area contributed by atoms with E-state index in [-0.39, 0.29) is 6.04 Å². The van der Waals surface area contributed by atoms with Gasteiger partial charge in [0.1, 0.15) is 13.2 Å². The zero-order chi connectivity index (χ0) is 13.2. The van der Waals surface area contributed by atoms with E-state index in [1.54, 1.807) is 11.3 Å². The minimum Gasteiger partial charge on any atom is -0.486 e. The molecule has 2 heterocycles. The molecule has 1 aliphatic heterocycles. The fourth-order valence-electron chi connectivity index (χ4n) is 2.09. The summed E-state index contributed by atoms with van der Waals surface area (Å²) >= 11 is 5.18. The molecule has 0 radical (unpaired) electrons. The average molecular weight is 340 g/mol. The normalized spacial score (nSPS) is 15.3. The molecule has 2 N–H and O–H groups in total. The molecule has 0 saturated heterocycles. The zero-order valence-electron chi connectivity index (χ0n) is 10.3. The molecule has 3 rings (SSSR count). The topological polar surface area (TPSA) is 44.5 Å². The molecular weight excluding hydrogens is 326 g/mol. The van der Waals surface area contributed by atoms with Crippen molar-refractivity contribution in [3.63, 3.8) is 0 Å². The molecule has 5 heteroatoms. The lowest BCUT2D eigenvalue weighted by molar-refractivity contribution is 0.171. The summed E-state index contributed by atoms with van der Waals surface area (Å²) in [5, 5.41) is 2.08. The molecule has 1 aliphatic rings. The van der Waals surface area contributed by atoms with Crippen LogP contribution >= 0.6 is 27.3 Å². The summed E-state index contributed by atoms with van der Waals surface area (Å²) in [4.78, 5) is 1.27. The van der Waals surface area contributed by atoms with Crippen LogP contribution in [0.4, 0.5) is 0 Å². The minimum atomic E-state index is -0.0265. The Morgan fingerprint density at radius 2 is 2.00 bits per heavy atom. The lowest BCUT2D eigenvalue weighted by atomic mass is 10.0. The van der Waals surface area contributed by atoms with Gasteiger partial charge in [0.05, 0.1) is 0 Å². The number of halogens is 1. The summed E-state index contributed by atoms with van der Waals surface area (Å²) in [6, 6.07) is 8.03. The van der Waals surface area contributed by atoms with Crippen LogP contribution in [-0.4, -0.2) is 13.2 Å². The number of ether oxygens (including phenoxy) is 2. The fraction of sp³-hybridized carbons (Fsp3) is 0.286. The van der Waals surface area contributed by atoms with Crippen LogP contribution in [0.15, 0.2) is 34.1 Å². The van der Waals surface area contributed by atoms with E-state index in [9.17, 15) is 0 Å². The number of hydrogen-bond acceptors (Lipinski definition) is 4. The van der Waals surface area contributed by atoms with Crippen LogP contribution in [0.25, 0.3) is 0 Å². The molecule has 0 amide bonds. The standard InChI is InChI=1S/C14H14BrNO2S/c15-10-6-11(19-8-10)7-12(16)9-1-2-13-14(5-9)18-4-3-17-13/h1-2,5-6,8,12H,3-4,7,16H2. The predicted octanol–water partition coefficient (Wildman–Crippen LogP) is 3.52. The van der Waals surface area contributed by atoms with Gasteiger partial charge < -0.3 is 15.2 Å². The second kappa shape index (κ2) is 5.53. The highest BCUT2D eigenvalue weighted by atomic mass is 79.9. The van der Waals surface area contributed by atoms with E-state index >= 15 is 0 Å². The minimum absolute atomic E-state index is 0.0265. The van der Waals surface area contributed by atoms with Gasteiger partial charge in [0.25, 0.3) is 0 Å². The van der Waals surface area contributed by atoms with Crippen molar-refractivity contribution in [3.8, 4) is 11.5 Å². The van der Waals surface area contributed by atoms with E-state index in [0.29, 0.717) is 13.2 Å². The SMILES string of the molecule is NC(Cc1cc(Br)cs1)c1ccc2c(c1)OCCO2. The lowest BCUT2D eigenvalue weighted by Gasteiger charge is -2.20. The number of benzene rings is 1. The highest BCUT2D eigenvalue weighted by Gasteiger charge is 2.15. The molecule has 0 spiro atoms. The molecule has 1 unspecified atom stereocenters. The van der Waals surface area contributed by atoms with Gasteiger partial charge in [-0.15, -0.1) is 11.3 Å². The van der Waals surface area contributed by atoms with Crippen molar-refractivity contribution in [1.29, 1.82) is 0 Å². The summed E-state index contributed by atoms with van der Waals surface area (Å²) in [7, 11) is 0. The van der Waals surface area contributed by atoms with Gasteiger partial charge in [-0.3, -0.25) is 0 Å². The van der Waals surface area contributed by atoms with Crippen molar-refractivity contribution >= 4 is 27.3 Å². The van der Waals surface area contributed by atoms with Crippen LogP contribution in [0.2, 0.25) is 0 Å². The van der Waals surface area contributed by atoms with Crippen molar-refractivity contribution in [2.45, 2.75) is 12.5 Å². The van der Waals surface area contributed by atoms with Crippen LogP contribution in [-0.2, 0) is 6.42 Å². The average Bonchev–Trinajstić information content (AvgIpc) is 2.83. The maximum absolute atomic E-state index is 6.26. The fourth-order valence-corrected chi connectivity index (χ4v) is 3.60. The van der Waals surface area contributed by atoms with Gasteiger partial charge in [-0.1, -0.05) is 6.07 Å². The number of fused-ring (bicyclic) bond motifs is 1. The Kier molecular flexibility index (Phi) is 3.77. The first-order chi connectivity index (χ1) is 9.22. The van der Waals surface area contributed by atoms with E-state index in [1.807, 2.05) is 18.2 Å². The third-order valence-corrected chi connectivity index (χ3v) is 4.76. The highest BCUT2D eigenvalue weighted by molar-refractivity contribution is 9.10. The van der Waals surface area contributed by atoms with E-state index < -0.39 is 0 Å². The summed E-state index contributed by atoms with van der Waals surface area (Å²) < 4.78 is 12.2. The Morgan fingerprint density at radius 1 is 1.21 bits per heavy atom. The predicted molar refractivity (Wildman–Crippen MR) is 80.1 cm³/mol. The smallest absolute Gasteiger partial charge is 0.161 e. The third-order valence-electron chi connectivity index (χ3n) is 3.04. The van der Waals surface area contributed by atoms with E-state index in [4.69, 9.17) is 15.2 Å². The van der Waals surface area contributed by atoms with Crippen LogP contribution in [0.1, 0.15) is 16.5 Å². The van der Waals surface area contributed by atoms with Gasteiger partial charge in [-0.25, -0.2) is 0 Å². The molecule has 1 aromatic heterocycles. The van der Waals surface area contributed by atoms with Crippen molar-refractivity contribution in [2.75, 3.05) is 13.2 Å². The molecule has 0 aliphatic carbocycles. The summed E-state index contributed by atoms with van der Waals surface area (Å²) in [5.74, 6) is 1.60. The van der Waals surface area contributed by atoms with Gasteiger partial charge >= 0.3 is 0 Å². The molecule has 0 saturated carbocycles. The van der Waals surface area contributed by atoms with Crippen molar-refractivity contribution in [1.82, 2.24) is 0 Å². The van der Waals surface area contributed by atoms with E-state index in [2.05, 4.69) is 27.4 Å². The maximum atomic E-state index is 6.26. The number of rotatable bonds is 3. The molecular formula is C14H14BrNO2S. The molecule has 0 bridgehead atoms. The Hall–Kier alpha value is -1.04. The summed E-state index contributed by atoms with van der Waals surface area (Å²) in [6.07, 6.45) is 0.829. The number of thiophene rings is 1. The largest absolute Gasteiger partial charge is 0.486 e. The molecule has 1 atom stereocenters. The Labute approximate surface area is 124 Å². The lowest BCUT2D eigenvalue weighted by Crippen LogP contribution is -2.17. The van der Waals surface area contributed by atoms with E-state index in [1.165, 1.54) is 4.88 Å². The molecule has 2 aromatic rings. The van der Waals surface area contributed by atoms with E-state index in [0.717, 1.165) is 28.0 Å². The first-order valence-electron chi connectivity index (χ1n) is 6.10. The molecule has 19 heavy (non-hydrogen) atoms.